The Morgan fingerprint density at radius 1 is 0.886 bits per heavy atom. The van der Waals surface area contributed by atoms with Crippen LogP contribution in [0.25, 0.3) is 0 Å². The predicted octanol–water partition coefficient (Wildman–Crippen LogP) is 5.58. The Bertz CT molecular complexity index is 1180. The van der Waals surface area contributed by atoms with Crippen LogP contribution in [-0.4, -0.2) is 45.5 Å². The number of halogens is 4. The number of methoxy groups -OCH3 is 2. The first kappa shape index (κ1) is 24.4. The van der Waals surface area contributed by atoms with E-state index in [1.54, 1.807) is 6.07 Å². The molecule has 35 heavy (non-hydrogen) atoms. The van der Waals surface area contributed by atoms with Crippen LogP contribution in [0.15, 0.2) is 48.7 Å². The van der Waals surface area contributed by atoms with E-state index in [1.165, 1.54) is 26.4 Å². The third-order valence-corrected chi connectivity index (χ3v) is 5.47. The van der Waals surface area contributed by atoms with Gasteiger partial charge in [0.15, 0.2) is 0 Å². The molecule has 2 aromatic carbocycles. The van der Waals surface area contributed by atoms with Gasteiger partial charge >= 0.3 is 6.18 Å². The number of nitrogens with zero attached hydrogens (tertiary/aromatic N) is 2. The lowest BCUT2D eigenvalue weighted by atomic mass is 10.2. The van der Waals surface area contributed by atoms with Gasteiger partial charge < -0.3 is 29.7 Å². The summed E-state index contributed by atoms with van der Waals surface area (Å²) in [4.78, 5) is 6.10. The Labute approximate surface area is 199 Å². The number of anilines is 5. The van der Waals surface area contributed by atoms with Crippen LogP contribution in [-0.2, 0) is 10.9 Å². The fraction of sp³-hybridized carbons (Fsp3) is 0.292. The zero-order valence-corrected chi connectivity index (χ0v) is 19.1. The fourth-order valence-corrected chi connectivity index (χ4v) is 3.71. The van der Waals surface area contributed by atoms with Crippen molar-refractivity contribution in [2.75, 3.05) is 56.1 Å². The Kier molecular flexibility index (Phi) is 7.15. The van der Waals surface area contributed by atoms with Gasteiger partial charge in [0, 0.05) is 43.2 Å². The second-order valence-electron chi connectivity index (χ2n) is 7.69. The van der Waals surface area contributed by atoms with Crippen molar-refractivity contribution in [1.82, 2.24) is 4.98 Å². The van der Waals surface area contributed by atoms with Gasteiger partial charge in [-0.1, -0.05) is 0 Å². The standard InChI is InChI=1S/C24H24F4N4O3/c1-33-21-11-15(25)3-5-18(21)30-20-13-23(29-14-17(20)24(26,27)28)31-19-6-4-16(12-22(19)34-2)32-7-9-35-10-8-32/h3-6,11-14H,7-10H2,1-2H3,(H2,29,30,31). The number of aromatic nitrogens is 1. The molecule has 0 saturated carbocycles. The smallest absolute Gasteiger partial charge is 0.419 e. The van der Waals surface area contributed by atoms with E-state index in [1.807, 2.05) is 12.1 Å². The molecular weight excluding hydrogens is 468 g/mol. The minimum Gasteiger partial charge on any atom is -0.494 e. The molecule has 1 saturated heterocycles. The Hall–Kier alpha value is -3.73. The molecule has 2 N–H and O–H groups in total. The SMILES string of the molecule is COc1cc(N2CCOCC2)ccc1Nc1cc(Nc2ccc(F)cc2OC)c(C(F)(F)F)cn1. The van der Waals surface area contributed by atoms with Crippen LogP contribution in [0, 0.1) is 5.82 Å². The molecule has 11 heteroatoms. The zero-order chi connectivity index (χ0) is 25.0. The molecule has 0 atom stereocenters. The summed E-state index contributed by atoms with van der Waals surface area (Å²) in [5.74, 6) is 0.141. The van der Waals surface area contributed by atoms with E-state index >= 15 is 0 Å². The lowest BCUT2D eigenvalue weighted by Gasteiger charge is -2.29. The number of rotatable bonds is 7. The lowest BCUT2D eigenvalue weighted by molar-refractivity contribution is -0.137. The molecule has 0 bridgehead atoms. The van der Waals surface area contributed by atoms with Crippen molar-refractivity contribution in [2.24, 2.45) is 0 Å². The number of morpholine rings is 1. The number of alkyl halides is 3. The van der Waals surface area contributed by atoms with E-state index in [4.69, 9.17) is 14.2 Å². The minimum absolute atomic E-state index is 0.0600. The maximum absolute atomic E-state index is 13.7. The molecule has 2 heterocycles. The summed E-state index contributed by atoms with van der Waals surface area (Å²) in [7, 11) is 2.81. The third kappa shape index (κ3) is 5.68. The van der Waals surface area contributed by atoms with E-state index in [0.29, 0.717) is 24.7 Å². The summed E-state index contributed by atoms with van der Waals surface area (Å²) in [6, 6.07) is 10.2. The van der Waals surface area contributed by atoms with Gasteiger partial charge in [0.1, 0.15) is 23.1 Å². The van der Waals surface area contributed by atoms with Gasteiger partial charge in [-0.25, -0.2) is 9.37 Å². The molecule has 3 aromatic rings. The molecule has 0 radical (unpaired) electrons. The van der Waals surface area contributed by atoms with Gasteiger partial charge in [-0.3, -0.25) is 0 Å². The summed E-state index contributed by atoms with van der Waals surface area (Å²) in [5, 5.41) is 5.71. The molecule has 0 spiro atoms. The summed E-state index contributed by atoms with van der Waals surface area (Å²) in [6.45, 7) is 2.76. The molecular formula is C24H24F4N4O3. The summed E-state index contributed by atoms with van der Waals surface area (Å²) < 4.78 is 70.5. The first-order valence-corrected chi connectivity index (χ1v) is 10.7. The number of hydrogen-bond acceptors (Lipinski definition) is 7. The van der Waals surface area contributed by atoms with E-state index in [-0.39, 0.29) is 22.9 Å². The van der Waals surface area contributed by atoms with E-state index in [9.17, 15) is 17.6 Å². The molecule has 1 aliphatic rings. The van der Waals surface area contributed by atoms with Crippen molar-refractivity contribution in [3.63, 3.8) is 0 Å². The van der Waals surface area contributed by atoms with Crippen LogP contribution in [0.2, 0.25) is 0 Å². The highest BCUT2D eigenvalue weighted by Crippen LogP contribution is 2.39. The second-order valence-corrected chi connectivity index (χ2v) is 7.69. The van der Waals surface area contributed by atoms with Crippen molar-refractivity contribution in [1.29, 1.82) is 0 Å². The fourth-order valence-electron chi connectivity index (χ4n) is 3.71. The highest BCUT2D eigenvalue weighted by atomic mass is 19.4. The molecule has 4 rings (SSSR count). The zero-order valence-electron chi connectivity index (χ0n) is 19.1. The molecule has 7 nitrogen and oxygen atoms in total. The number of ether oxygens (including phenoxy) is 3. The molecule has 1 fully saturated rings. The third-order valence-electron chi connectivity index (χ3n) is 5.47. The van der Waals surface area contributed by atoms with Crippen molar-refractivity contribution in [3.8, 4) is 11.5 Å². The Morgan fingerprint density at radius 2 is 1.54 bits per heavy atom. The van der Waals surface area contributed by atoms with Crippen LogP contribution >= 0.6 is 0 Å². The van der Waals surface area contributed by atoms with Crippen LogP contribution in [0.3, 0.4) is 0 Å². The predicted molar refractivity (Wildman–Crippen MR) is 125 cm³/mol. The van der Waals surface area contributed by atoms with Gasteiger partial charge in [-0.05, 0) is 24.3 Å². The molecule has 0 aliphatic carbocycles. The van der Waals surface area contributed by atoms with Crippen molar-refractivity contribution < 1.29 is 31.8 Å². The van der Waals surface area contributed by atoms with Crippen LogP contribution in [0.4, 0.5) is 46.1 Å². The number of hydrogen-bond donors (Lipinski definition) is 2. The first-order valence-electron chi connectivity index (χ1n) is 10.7. The number of nitrogens with one attached hydrogen (secondary N) is 2. The number of pyridine rings is 1. The minimum atomic E-state index is -4.67. The first-order chi connectivity index (χ1) is 16.8. The summed E-state index contributed by atoms with van der Waals surface area (Å²) in [5.41, 5.74) is 0.390. The van der Waals surface area contributed by atoms with E-state index in [0.717, 1.165) is 37.1 Å². The van der Waals surface area contributed by atoms with Crippen LogP contribution < -0.4 is 25.0 Å². The molecule has 186 valence electrons. The summed E-state index contributed by atoms with van der Waals surface area (Å²) in [6.07, 6.45) is -3.94. The highest BCUT2D eigenvalue weighted by Gasteiger charge is 2.34. The largest absolute Gasteiger partial charge is 0.494 e. The van der Waals surface area contributed by atoms with E-state index < -0.39 is 17.6 Å². The van der Waals surface area contributed by atoms with E-state index in [2.05, 4.69) is 20.5 Å². The maximum atomic E-state index is 13.7. The lowest BCUT2D eigenvalue weighted by Crippen LogP contribution is -2.36. The molecule has 0 unspecified atom stereocenters. The Balaban J connectivity index is 1.64. The molecule has 1 aromatic heterocycles. The topological polar surface area (TPSA) is 67.9 Å². The van der Waals surface area contributed by atoms with Gasteiger partial charge in [-0.2, -0.15) is 13.2 Å². The highest BCUT2D eigenvalue weighted by molar-refractivity contribution is 5.74. The van der Waals surface area contributed by atoms with Crippen molar-refractivity contribution >= 4 is 28.6 Å². The van der Waals surface area contributed by atoms with Gasteiger partial charge in [0.05, 0.1) is 50.1 Å². The quantitative estimate of drug-likeness (QED) is 0.418. The maximum Gasteiger partial charge on any atom is 0.419 e. The average molecular weight is 492 g/mol. The summed E-state index contributed by atoms with van der Waals surface area (Å²) >= 11 is 0. The van der Waals surface area contributed by atoms with Gasteiger partial charge in [0.25, 0.3) is 0 Å². The van der Waals surface area contributed by atoms with Gasteiger partial charge in [0.2, 0.25) is 0 Å². The van der Waals surface area contributed by atoms with Crippen molar-refractivity contribution in [3.05, 3.63) is 60.0 Å². The molecule has 0 amide bonds. The number of benzene rings is 2. The Morgan fingerprint density at radius 3 is 2.23 bits per heavy atom. The van der Waals surface area contributed by atoms with Gasteiger partial charge in [-0.15, -0.1) is 0 Å². The average Bonchev–Trinajstić information content (AvgIpc) is 2.85. The van der Waals surface area contributed by atoms with Crippen LogP contribution in [0.5, 0.6) is 11.5 Å². The normalized spacial score (nSPS) is 13.9. The van der Waals surface area contributed by atoms with Crippen molar-refractivity contribution in [2.45, 2.75) is 6.18 Å². The van der Waals surface area contributed by atoms with Crippen LogP contribution in [0.1, 0.15) is 5.56 Å². The second kappa shape index (κ2) is 10.3. The monoisotopic (exact) mass is 492 g/mol. The molecule has 1 aliphatic heterocycles.